The van der Waals surface area contributed by atoms with Crippen molar-refractivity contribution in [2.45, 2.75) is 25.1 Å². The second-order valence-electron chi connectivity index (χ2n) is 9.31. The lowest BCUT2D eigenvalue weighted by Crippen LogP contribution is -2.48. The van der Waals surface area contributed by atoms with E-state index in [1.807, 2.05) is 35.1 Å². The van der Waals surface area contributed by atoms with Crippen LogP contribution in [-0.2, 0) is 11.2 Å². The summed E-state index contributed by atoms with van der Waals surface area (Å²) < 4.78 is 19.6. The molecule has 36 heavy (non-hydrogen) atoms. The minimum atomic E-state index is -1.08. The molecule has 0 aromatic carbocycles. The molecule has 3 aromatic rings. The van der Waals surface area contributed by atoms with Gasteiger partial charge in [-0.1, -0.05) is 0 Å². The normalized spacial score (nSPS) is 20.6. The number of hydrogen-bond donors (Lipinski definition) is 2. The Morgan fingerprint density at radius 1 is 1.14 bits per heavy atom. The zero-order chi connectivity index (χ0) is 25.1. The second-order valence-corrected chi connectivity index (χ2v) is 10.2. The number of thioether (sulfide) groups is 1. The maximum atomic E-state index is 14.4. The van der Waals surface area contributed by atoms with Gasteiger partial charge in [-0.2, -0.15) is 16.7 Å². The smallest absolute Gasteiger partial charge is 0.227 e. The molecule has 5 heterocycles. The predicted molar refractivity (Wildman–Crippen MR) is 142 cm³/mol. The summed E-state index contributed by atoms with van der Waals surface area (Å²) in [6.45, 7) is 2.86. The molecule has 0 amide bonds. The Kier molecular flexibility index (Phi) is 7.68. The Labute approximate surface area is 214 Å². The van der Waals surface area contributed by atoms with Gasteiger partial charge in [0, 0.05) is 63.2 Å². The highest BCUT2D eigenvalue weighted by atomic mass is 32.2. The molecule has 2 saturated heterocycles. The van der Waals surface area contributed by atoms with E-state index in [1.165, 1.54) is 0 Å². The number of rotatable bonds is 9. The third-order valence-corrected chi connectivity index (χ3v) is 7.64. The van der Waals surface area contributed by atoms with E-state index < -0.39 is 6.17 Å². The molecule has 2 aliphatic heterocycles. The minimum Gasteiger partial charge on any atom is -0.396 e. The largest absolute Gasteiger partial charge is 0.396 e. The zero-order valence-corrected chi connectivity index (χ0v) is 21.4. The fourth-order valence-electron chi connectivity index (χ4n) is 4.93. The Hall–Kier alpha value is -2.76. The van der Waals surface area contributed by atoms with Crippen LogP contribution in [0.4, 0.5) is 27.8 Å². The number of aliphatic hydroxyl groups is 1. The van der Waals surface area contributed by atoms with E-state index in [0.29, 0.717) is 42.9 Å². The number of aromatic nitrogens is 4. The molecule has 5 rings (SSSR count). The van der Waals surface area contributed by atoms with Gasteiger partial charge >= 0.3 is 0 Å². The number of nitrogens with zero attached hydrogens (tertiary/aromatic N) is 6. The van der Waals surface area contributed by atoms with E-state index >= 15 is 0 Å². The number of piperidine rings is 1. The van der Waals surface area contributed by atoms with Crippen molar-refractivity contribution in [2.24, 2.45) is 5.92 Å². The summed E-state index contributed by atoms with van der Waals surface area (Å²) in [5.41, 5.74) is 0.973. The quantitative estimate of drug-likeness (QED) is 0.444. The van der Waals surface area contributed by atoms with Crippen molar-refractivity contribution in [3.8, 4) is 0 Å². The average molecular weight is 514 g/mol. The number of pyridine rings is 2. The van der Waals surface area contributed by atoms with Gasteiger partial charge in [-0.05, 0) is 47.9 Å². The van der Waals surface area contributed by atoms with E-state index in [9.17, 15) is 9.50 Å². The van der Waals surface area contributed by atoms with Crippen LogP contribution in [0.25, 0.3) is 10.8 Å². The van der Waals surface area contributed by atoms with E-state index in [0.717, 1.165) is 41.0 Å². The average Bonchev–Trinajstić information content (AvgIpc) is 2.87. The molecule has 0 saturated carbocycles. The van der Waals surface area contributed by atoms with Crippen molar-refractivity contribution < 1.29 is 14.2 Å². The zero-order valence-electron chi connectivity index (χ0n) is 20.6. The molecule has 2 fully saturated rings. The molecule has 2 unspecified atom stereocenters. The van der Waals surface area contributed by atoms with Crippen LogP contribution in [0, 0.1) is 5.92 Å². The molecular formula is C25H32FN7O2S. The first-order valence-corrected chi connectivity index (χ1v) is 13.6. The summed E-state index contributed by atoms with van der Waals surface area (Å²) in [7, 11) is 1.54. The number of aliphatic hydroxyl groups excluding tert-OH is 1. The Bertz CT molecular complexity index is 1200. The standard InChI is InChI=1S/C25H32FN7O2S/c1-35-21-4-7-32(14-20(21)26)25-27-6-3-22(31-25)30-23-9-18-17(5-8-34)10-29-24(19(18)11-28-23)33-12-16(13-33)15-36-2/h3,6,9-11,16,20-21,34H,4-5,7-8,12-15H2,1-2H3,(H,27,28,30,31). The first-order chi connectivity index (χ1) is 17.6. The summed E-state index contributed by atoms with van der Waals surface area (Å²) in [6, 6.07) is 3.75. The SMILES string of the molecule is COC1CCN(c2nccc(Nc3cc4c(CCO)cnc(N5CC(CSC)C5)c4cn3)n2)CC1F. The summed E-state index contributed by atoms with van der Waals surface area (Å²) in [4.78, 5) is 22.4. The van der Waals surface area contributed by atoms with E-state index in [1.54, 1.807) is 19.4 Å². The van der Waals surface area contributed by atoms with Crippen LogP contribution in [0.1, 0.15) is 12.0 Å². The van der Waals surface area contributed by atoms with Crippen molar-refractivity contribution in [1.82, 2.24) is 19.9 Å². The van der Waals surface area contributed by atoms with Gasteiger partial charge < -0.3 is 25.0 Å². The van der Waals surface area contributed by atoms with Crippen LogP contribution in [-0.4, -0.2) is 89.2 Å². The molecule has 0 radical (unpaired) electrons. The van der Waals surface area contributed by atoms with Gasteiger partial charge in [-0.15, -0.1) is 0 Å². The molecule has 9 nitrogen and oxygen atoms in total. The Morgan fingerprint density at radius 2 is 2.00 bits per heavy atom. The van der Waals surface area contributed by atoms with Gasteiger partial charge in [-0.3, -0.25) is 0 Å². The molecule has 2 aliphatic rings. The number of halogens is 1. The second kappa shape index (κ2) is 11.1. The van der Waals surface area contributed by atoms with E-state index in [-0.39, 0.29) is 19.3 Å². The van der Waals surface area contributed by atoms with E-state index in [4.69, 9.17) is 9.72 Å². The maximum Gasteiger partial charge on any atom is 0.227 e. The Morgan fingerprint density at radius 3 is 2.75 bits per heavy atom. The van der Waals surface area contributed by atoms with Crippen LogP contribution in [0.2, 0.25) is 0 Å². The number of hydrogen-bond acceptors (Lipinski definition) is 10. The predicted octanol–water partition coefficient (Wildman–Crippen LogP) is 3.06. The summed E-state index contributed by atoms with van der Waals surface area (Å²) in [5, 5.41) is 14.8. The molecule has 192 valence electrons. The van der Waals surface area contributed by atoms with Crippen LogP contribution in [0.3, 0.4) is 0 Å². The lowest BCUT2D eigenvalue weighted by molar-refractivity contribution is 0.0194. The minimum absolute atomic E-state index is 0.0469. The number of anilines is 4. The van der Waals surface area contributed by atoms with Crippen molar-refractivity contribution >= 4 is 45.9 Å². The fourth-order valence-corrected chi connectivity index (χ4v) is 5.62. The molecule has 11 heteroatoms. The van der Waals surface area contributed by atoms with Crippen LogP contribution >= 0.6 is 11.8 Å². The van der Waals surface area contributed by atoms with Crippen molar-refractivity contribution in [3.63, 3.8) is 0 Å². The molecule has 2 atom stereocenters. The van der Waals surface area contributed by atoms with Gasteiger partial charge in [-0.25, -0.2) is 19.3 Å². The highest BCUT2D eigenvalue weighted by Gasteiger charge is 2.31. The molecule has 0 aliphatic carbocycles. The lowest BCUT2D eigenvalue weighted by Gasteiger charge is -2.40. The molecule has 0 spiro atoms. The van der Waals surface area contributed by atoms with Crippen molar-refractivity contribution in [1.29, 1.82) is 0 Å². The summed E-state index contributed by atoms with van der Waals surface area (Å²) in [6.07, 6.45) is 7.14. The van der Waals surface area contributed by atoms with Crippen LogP contribution in [0.15, 0.2) is 30.7 Å². The van der Waals surface area contributed by atoms with Crippen molar-refractivity contribution in [2.75, 3.05) is 67.0 Å². The van der Waals surface area contributed by atoms with Crippen LogP contribution in [0.5, 0.6) is 0 Å². The first-order valence-electron chi connectivity index (χ1n) is 12.2. The fraction of sp³-hybridized carbons (Fsp3) is 0.520. The number of fused-ring (bicyclic) bond motifs is 1. The lowest BCUT2D eigenvalue weighted by atomic mass is 10.0. The highest BCUT2D eigenvalue weighted by molar-refractivity contribution is 7.98. The van der Waals surface area contributed by atoms with Gasteiger partial charge in [0.1, 0.15) is 23.6 Å². The maximum absolute atomic E-state index is 14.4. The van der Waals surface area contributed by atoms with Crippen LogP contribution < -0.4 is 15.1 Å². The summed E-state index contributed by atoms with van der Waals surface area (Å²) in [5.74, 6) is 4.46. The molecule has 2 N–H and O–H groups in total. The number of ether oxygens (including phenoxy) is 1. The molecular weight excluding hydrogens is 481 g/mol. The Balaban J connectivity index is 1.37. The first kappa shape index (κ1) is 24.9. The van der Waals surface area contributed by atoms with Gasteiger partial charge in [0.05, 0.1) is 12.6 Å². The van der Waals surface area contributed by atoms with Gasteiger partial charge in [0.2, 0.25) is 5.95 Å². The topological polar surface area (TPSA) is 99.5 Å². The third-order valence-electron chi connectivity index (χ3n) is 6.84. The van der Waals surface area contributed by atoms with Crippen molar-refractivity contribution in [3.05, 3.63) is 36.3 Å². The molecule has 3 aromatic heterocycles. The number of nitrogens with one attached hydrogen (secondary N) is 1. The highest BCUT2D eigenvalue weighted by Crippen LogP contribution is 2.33. The van der Waals surface area contributed by atoms with E-state index in [2.05, 4.69) is 31.4 Å². The number of methoxy groups -OCH3 is 1. The summed E-state index contributed by atoms with van der Waals surface area (Å²) >= 11 is 1.88. The monoisotopic (exact) mass is 513 g/mol. The molecule has 0 bridgehead atoms. The van der Waals surface area contributed by atoms with Gasteiger partial charge in [0.25, 0.3) is 0 Å². The number of alkyl halides is 1. The third kappa shape index (κ3) is 5.18. The van der Waals surface area contributed by atoms with Gasteiger partial charge in [0.15, 0.2) is 0 Å².